The van der Waals surface area contributed by atoms with Crippen LogP contribution in [0.25, 0.3) is 10.9 Å². The first-order chi connectivity index (χ1) is 16.2. The van der Waals surface area contributed by atoms with Crippen molar-refractivity contribution >= 4 is 44.8 Å². The van der Waals surface area contributed by atoms with Crippen LogP contribution in [-0.2, 0) is 4.79 Å². The van der Waals surface area contributed by atoms with Gasteiger partial charge in [-0.05, 0) is 37.3 Å². The fraction of sp³-hybridized carbons (Fsp3) is 0.250. The molecule has 2 aromatic heterocycles. The summed E-state index contributed by atoms with van der Waals surface area (Å²) in [6.45, 7) is 5.37. The zero-order valence-electron chi connectivity index (χ0n) is 18.3. The Morgan fingerprint density at radius 3 is 2.52 bits per heavy atom. The van der Waals surface area contributed by atoms with Crippen molar-refractivity contribution in [3.63, 3.8) is 0 Å². The molecule has 2 aromatic carbocycles. The first-order valence-electron chi connectivity index (χ1n) is 10.8. The number of aromatic nitrogens is 3. The number of nitrogens with one attached hydrogen (secondary N) is 1. The number of amides is 1. The molecule has 0 saturated carbocycles. The predicted molar refractivity (Wildman–Crippen MR) is 131 cm³/mol. The molecule has 9 heteroatoms. The number of ether oxygens (including phenoxy) is 1. The van der Waals surface area contributed by atoms with Gasteiger partial charge in [-0.25, -0.2) is 4.98 Å². The van der Waals surface area contributed by atoms with Crippen LogP contribution in [-0.4, -0.2) is 53.9 Å². The highest BCUT2D eigenvalue weighted by Crippen LogP contribution is 2.27. The molecule has 0 radical (unpaired) electrons. The Balaban J connectivity index is 1.27. The van der Waals surface area contributed by atoms with Gasteiger partial charge in [-0.15, -0.1) is 10.2 Å². The lowest BCUT2D eigenvalue weighted by molar-refractivity contribution is -0.118. The molecule has 4 aromatic rings. The Bertz CT molecular complexity index is 1250. The van der Waals surface area contributed by atoms with E-state index in [-0.39, 0.29) is 12.5 Å². The number of rotatable bonds is 6. The number of hydrogen-bond donors (Lipinski definition) is 1. The number of nitrogens with zero attached hydrogens (tertiary/aromatic N) is 5. The lowest BCUT2D eigenvalue weighted by Crippen LogP contribution is -2.46. The number of hydrogen-bond acceptors (Lipinski definition) is 8. The van der Waals surface area contributed by atoms with Crippen molar-refractivity contribution in [2.45, 2.75) is 6.92 Å². The molecule has 0 aliphatic carbocycles. The van der Waals surface area contributed by atoms with Crippen LogP contribution in [0.3, 0.4) is 0 Å². The predicted octanol–water partition coefficient (Wildman–Crippen LogP) is 3.74. The van der Waals surface area contributed by atoms with E-state index >= 15 is 0 Å². The third-order valence-corrected chi connectivity index (χ3v) is 6.28. The molecular weight excluding hydrogens is 436 g/mol. The summed E-state index contributed by atoms with van der Waals surface area (Å²) in [6, 6.07) is 20.3. The van der Waals surface area contributed by atoms with Crippen LogP contribution in [0, 0.1) is 6.92 Å². The fourth-order valence-electron chi connectivity index (χ4n) is 3.88. The van der Waals surface area contributed by atoms with Gasteiger partial charge in [0.2, 0.25) is 5.13 Å². The number of para-hydroxylation sites is 2. The number of aryl methyl sites for hydroxylation is 1. The molecule has 8 nitrogen and oxygen atoms in total. The first-order valence-corrected chi connectivity index (χ1v) is 11.6. The van der Waals surface area contributed by atoms with E-state index in [1.807, 2.05) is 31.2 Å². The zero-order chi connectivity index (χ0) is 22.6. The maximum Gasteiger partial charge on any atom is 0.264 e. The maximum absolute atomic E-state index is 12.3. The average Bonchev–Trinajstić information content (AvgIpc) is 3.27. The molecule has 1 saturated heterocycles. The second-order valence-corrected chi connectivity index (χ2v) is 8.95. The number of benzene rings is 2. The molecule has 0 unspecified atom stereocenters. The van der Waals surface area contributed by atoms with E-state index in [0.29, 0.717) is 10.9 Å². The number of fused-ring (bicyclic) bond motifs is 1. The van der Waals surface area contributed by atoms with E-state index < -0.39 is 0 Å². The summed E-state index contributed by atoms with van der Waals surface area (Å²) in [5.74, 6) is 1.22. The van der Waals surface area contributed by atoms with E-state index in [1.165, 1.54) is 17.0 Å². The highest BCUT2D eigenvalue weighted by Gasteiger charge is 2.19. The summed E-state index contributed by atoms with van der Waals surface area (Å²) < 4.78 is 5.83. The van der Waals surface area contributed by atoms with Gasteiger partial charge < -0.3 is 14.5 Å². The molecule has 1 N–H and O–H groups in total. The zero-order valence-corrected chi connectivity index (χ0v) is 19.1. The summed E-state index contributed by atoms with van der Waals surface area (Å²) in [6.07, 6.45) is 0. The molecule has 0 bridgehead atoms. The normalized spacial score (nSPS) is 13.8. The number of pyridine rings is 1. The Hall–Kier alpha value is -3.72. The largest absolute Gasteiger partial charge is 0.481 e. The van der Waals surface area contributed by atoms with Crippen molar-refractivity contribution in [1.82, 2.24) is 15.2 Å². The summed E-state index contributed by atoms with van der Waals surface area (Å²) in [5, 5.41) is 12.7. The topological polar surface area (TPSA) is 83.5 Å². The maximum atomic E-state index is 12.3. The van der Waals surface area contributed by atoms with Gasteiger partial charge in [-0.3, -0.25) is 10.1 Å². The van der Waals surface area contributed by atoms with Gasteiger partial charge in [0.25, 0.3) is 5.91 Å². The van der Waals surface area contributed by atoms with Crippen LogP contribution in [0.15, 0.2) is 60.7 Å². The van der Waals surface area contributed by atoms with Crippen LogP contribution in [0.1, 0.15) is 5.01 Å². The minimum absolute atomic E-state index is 0.126. The first kappa shape index (κ1) is 21.1. The van der Waals surface area contributed by atoms with E-state index in [2.05, 4.69) is 61.7 Å². The van der Waals surface area contributed by atoms with E-state index in [4.69, 9.17) is 9.72 Å². The molecule has 1 amide bonds. The van der Waals surface area contributed by atoms with Crippen LogP contribution in [0.2, 0.25) is 0 Å². The molecular formula is C24H24N6O2S. The van der Waals surface area contributed by atoms with Gasteiger partial charge in [0.15, 0.2) is 6.61 Å². The summed E-state index contributed by atoms with van der Waals surface area (Å²) in [7, 11) is 0. The minimum Gasteiger partial charge on any atom is -0.481 e. The van der Waals surface area contributed by atoms with Crippen molar-refractivity contribution in [2.75, 3.05) is 47.9 Å². The molecule has 168 valence electrons. The summed E-state index contributed by atoms with van der Waals surface area (Å²) >= 11 is 1.33. The smallest absolute Gasteiger partial charge is 0.264 e. The van der Waals surface area contributed by atoms with Gasteiger partial charge in [-0.1, -0.05) is 41.7 Å². The van der Waals surface area contributed by atoms with Crippen molar-refractivity contribution in [3.05, 3.63) is 65.7 Å². The Morgan fingerprint density at radius 1 is 0.970 bits per heavy atom. The second-order valence-electron chi connectivity index (χ2n) is 7.77. The third-order valence-electron chi connectivity index (χ3n) is 5.52. The van der Waals surface area contributed by atoms with Gasteiger partial charge >= 0.3 is 0 Å². The van der Waals surface area contributed by atoms with E-state index in [9.17, 15) is 4.79 Å². The van der Waals surface area contributed by atoms with Crippen molar-refractivity contribution in [1.29, 1.82) is 0 Å². The second kappa shape index (κ2) is 9.41. The average molecular weight is 461 g/mol. The van der Waals surface area contributed by atoms with Crippen LogP contribution >= 0.6 is 11.3 Å². The third kappa shape index (κ3) is 4.88. The Labute approximate surface area is 195 Å². The molecule has 5 rings (SSSR count). The number of anilines is 3. The van der Waals surface area contributed by atoms with E-state index in [1.54, 1.807) is 0 Å². The Morgan fingerprint density at radius 2 is 1.76 bits per heavy atom. The Kier molecular flexibility index (Phi) is 6.03. The quantitative estimate of drug-likeness (QED) is 0.469. The summed E-state index contributed by atoms with van der Waals surface area (Å²) in [4.78, 5) is 21.8. The highest BCUT2D eigenvalue weighted by atomic mass is 32.1. The molecule has 1 aliphatic rings. The van der Waals surface area contributed by atoms with Crippen molar-refractivity contribution in [2.24, 2.45) is 0 Å². The minimum atomic E-state index is -0.281. The van der Waals surface area contributed by atoms with Crippen LogP contribution in [0.5, 0.6) is 5.75 Å². The highest BCUT2D eigenvalue weighted by molar-refractivity contribution is 7.15. The lowest BCUT2D eigenvalue weighted by atomic mass is 10.2. The van der Waals surface area contributed by atoms with Crippen LogP contribution in [0.4, 0.5) is 16.6 Å². The summed E-state index contributed by atoms with van der Waals surface area (Å²) in [5.41, 5.74) is 2.00. The van der Waals surface area contributed by atoms with Crippen molar-refractivity contribution < 1.29 is 9.53 Å². The van der Waals surface area contributed by atoms with E-state index in [0.717, 1.165) is 47.9 Å². The standard InChI is InChI=1S/C24H24N6O2S/c1-17-27-28-24(33-17)26-22(31)16-32-20-9-5-6-18-10-11-21(25-23(18)20)30-14-12-29(13-15-30)19-7-3-2-4-8-19/h2-11H,12-16H2,1H3,(H,26,28,31). The molecule has 33 heavy (non-hydrogen) atoms. The lowest BCUT2D eigenvalue weighted by Gasteiger charge is -2.36. The number of carbonyl (C=O) groups is 1. The SMILES string of the molecule is Cc1nnc(NC(=O)COc2cccc3ccc(N4CCN(c5ccccc5)CC4)nc23)s1. The van der Waals surface area contributed by atoms with Gasteiger partial charge in [0.1, 0.15) is 22.1 Å². The van der Waals surface area contributed by atoms with Gasteiger partial charge in [-0.2, -0.15) is 0 Å². The van der Waals surface area contributed by atoms with Crippen LogP contribution < -0.4 is 19.9 Å². The fourth-order valence-corrected chi connectivity index (χ4v) is 4.49. The number of piperazine rings is 1. The van der Waals surface area contributed by atoms with Gasteiger partial charge in [0.05, 0.1) is 0 Å². The molecule has 0 atom stereocenters. The molecule has 1 fully saturated rings. The molecule has 0 spiro atoms. The molecule has 3 heterocycles. The number of carbonyl (C=O) groups excluding carboxylic acids is 1. The monoisotopic (exact) mass is 460 g/mol. The molecule has 1 aliphatic heterocycles. The van der Waals surface area contributed by atoms with Crippen molar-refractivity contribution in [3.8, 4) is 5.75 Å². The van der Waals surface area contributed by atoms with Gasteiger partial charge in [0, 0.05) is 37.3 Å².